The van der Waals surface area contributed by atoms with Gasteiger partial charge in [0.2, 0.25) is 15.9 Å². The maximum Gasteiger partial charge on any atom is 0.243 e. The molecule has 0 bridgehead atoms. The number of benzene rings is 2. The Hall–Kier alpha value is -2.42. The minimum absolute atomic E-state index is 0.0233. The smallest absolute Gasteiger partial charge is 0.243 e. The number of aliphatic hydroxyl groups excluding tert-OH is 1. The lowest BCUT2D eigenvalue weighted by Gasteiger charge is -2.28. The van der Waals surface area contributed by atoms with Gasteiger partial charge in [-0.3, -0.25) is 4.79 Å². The summed E-state index contributed by atoms with van der Waals surface area (Å²) in [4.78, 5) is 12.5. The van der Waals surface area contributed by atoms with Gasteiger partial charge < -0.3 is 15.2 Å². The fourth-order valence-electron chi connectivity index (χ4n) is 2.76. The van der Waals surface area contributed by atoms with Crippen LogP contribution in [0.25, 0.3) is 0 Å². The standard InChI is InChI=1S/C20H26N2O5S/c1-22(28(25,26)18-7-4-3-5-8-18)19(15-20(24)21-13-6-14-23)16-9-11-17(27-2)12-10-16/h3-5,7-12,19,23H,6,13-15H2,1-2H3,(H,21,24)/t19-/m1/s1. The van der Waals surface area contributed by atoms with E-state index in [2.05, 4.69) is 5.32 Å². The molecule has 0 spiro atoms. The highest BCUT2D eigenvalue weighted by atomic mass is 32.2. The Morgan fingerprint density at radius 1 is 1.14 bits per heavy atom. The molecule has 2 aromatic rings. The second-order valence-corrected chi connectivity index (χ2v) is 8.25. The van der Waals surface area contributed by atoms with E-state index in [0.717, 1.165) is 0 Å². The Morgan fingerprint density at radius 3 is 2.36 bits per heavy atom. The Labute approximate surface area is 166 Å². The summed E-state index contributed by atoms with van der Waals surface area (Å²) in [5, 5.41) is 11.6. The van der Waals surface area contributed by atoms with Crippen molar-refractivity contribution in [1.82, 2.24) is 9.62 Å². The van der Waals surface area contributed by atoms with Crippen LogP contribution in [0.2, 0.25) is 0 Å². The molecule has 0 radical (unpaired) electrons. The van der Waals surface area contributed by atoms with Crippen molar-refractivity contribution in [2.75, 3.05) is 27.3 Å². The summed E-state index contributed by atoms with van der Waals surface area (Å²) in [6.07, 6.45) is 0.400. The second kappa shape index (κ2) is 10.2. The minimum Gasteiger partial charge on any atom is -0.497 e. The van der Waals surface area contributed by atoms with Crippen molar-refractivity contribution in [2.45, 2.75) is 23.8 Å². The first-order chi connectivity index (χ1) is 13.4. The normalized spacial score (nSPS) is 12.6. The van der Waals surface area contributed by atoms with Gasteiger partial charge in [0.15, 0.2) is 0 Å². The fourth-order valence-corrected chi connectivity index (χ4v) is 4.13. The SMILES string of the molecule is COc1ccc([C@@H](CC(=O)NCCCO)N(C)S(=O)(=O)c2ccccc2)cc1. The number of hydrogen-bond donors (Lipinski definition) is 2. The molecule has 1 atom stereocenters. The Bertz CT molecular complexity index is 854. The quantitative estimate of drug-likeness (QED) is 0.588. The number of methoxy groups -OCH3 is 1. The number of ether oxygens (including phenoxy) is 1. The van der Waals surface area contributed by atoms with Crippen LogP contribution in [0.1, 0.15) is 24.4 Å². The summed E-state index contributed by atoms with van der Waals surface area (Å²) in [5.41, 5.74) is 0.681. The number of nitrogens with one attached hydrogen (secondary N) is 1. The molecule has 0 saturated heterocycles. The first-order valence-corrected chi connectivity index (χ1v) is 10.4. The lowest BCUT2D eigenvalue weighted by atomic mass is 10.0. The van der Waals surface area contributed by atoms with Crippen LogP contribution < -0.4 is 10.1 Å². The third-order valence-electron chi connectivity index (χ3n) is 4.40. The predicted octanol–water partition coefficient (Wildman–Crippen LogP) is 1.95. The Kier molecular flexibility index (Phi) is 7.98. The summed E-state index contributed by atoms with van der Waals surface area (Å²) in [6.45, 7) is 0.310. The van der Waals surface area contributed by atoms with E-state index in [1.54, 1.807) is 49.6 Å². The fraction of sp³-hybridized carbons (Fsp3) is 0.350. The molecule has 0 unspecified atom stereocenters. The van der Waals surface area contributed by atoms with Crippen LogP contribution >= 0.6 is 0 Å². The molecule has 2 aromatic carbocycles. The number of hydrogen-bond acceptors (Lipinski definition) is 5. The number of sulfonamides is 1. The first kappa shape index (κ1) is 21.9. The van der Waals surface area contributed by atoms with Crippen LogP contribution in [0.4, 0.5) is 0 Å². The van der Waals surface area contributed by atoms with Crippen LogP contribution in [0.15, 0.2) is 59.5 Å². The molecule has 8 heteroatoms. The lowest BCUT2D eigenvalue weighted by molar-refractivity contribution is -0.122. The Morgan fingerprint density at radius 2 is 1.79 bits per heavy atom. The Balaban J connectivity index is 2.32. The molecular formula is C20H26N2O5S. The highest BCUT2D eigenvalue weighted by Gasteiger charge is 2.30. The van der Waals surface area contributed by atoms with Crippen LogP contribution in [0, 0.1) is 0 Å². The van der Waals surface area contributed by atoms with Gasteiger partial charge in [-0.05, 0) is 36.2 Å². The van der Waals surface area contributed by atoms with Gasteiger partial charge in [-0.2, -0.15) is 4.31 Å². The molecule has 152 valence electrons. The molecule has 7 nitrogen and oxygen atoms in total. The topological polar surface area (TPSA) is 95.9 Å². The van der Waals surface area contributed by atoms with E-state index in [1.807, 2.05) is 0 Å². The number of carbonyl (C=O) groups is 1. The van der Waals surface area contributed by atoms with E-state index < -0.39 is 16.1 Å². The molecule has 0 heterocycles. The minimum atomic E-state index is -3.79. The van der Waals surface area contributed by atoms with Crippen molar-refractivity contribution in [3.63, 3.8) is 0 Å². The zero-order valence-corrected chi connectivity index (χ0v) is 16.9. The van der Waals surface area contributed by atoms with E-state index in [4.69, 9.17) is 9.84 Å². The molecule has 2 rings (SSSR count). The van der Waals surface area contributed by atoms with Gasteiger partial charge in [0.05, 0.1) is 18.0 Å². The summed E-state index contributed by atoms with van der Waals surface area (Å²) in [5.74, 6) is 0.354. The van der Waals surface area contributed by atoms with Gasteiger partial charge in [-0.1, -0.05) is 30.3 Å². The molecule has 0 fully saturated rings. The molecule has 2 N–H and O–H groups in total. The number of amides is 1. The average Bonchev–Trinajstić information content (AvgIpc) is 2.72. The van der Waals surface area contributed by atoms with Crippen LogP contribution in [-0.4, -0.2) is 51.0 Å². The highest BCUT2D eigenvalue weighted by molar-refractivity contribution is 7.89. The van der Waals surface area contributed by atoms with Crippen molar-refractivity contribution in [1.29, 1.82) is 0 Å². The van der Waals surface area contributed by atoms with E-state index >= 15 is 0 Å². The van der Waals surface area contributed by atoms with E-state index in [-0.39, 0.29) is 23.8 Å². The third-order valence-corrected chi connectivity index (χ3v) is 6.28. The van der Waals surface area contributed by atoms with Crippen molar-refractivity contribution < 1.29 is 23.1 Å². The van der Waals surface area contributed by atoms with Gasteiger partial charge in [0, 0.05) is 26.6 Å². The molecule has 28 heavy (non-hydrogen) atoms. The highest BCUT2D eigenvalue weighted by Crippen LogP contribution is 2.30. The maximum absolute atomic E-state index is 13.0. The van der Waals surface area contributed by atoms with Gasteiger partial charge in [0.1, 0.15) is 5.75 Å². The largest absolute Gasteiger partial charge is 0.497 e. The van der Waals surface area contributed by atoms with Crippen molar-refractivity contribution >= 4 is 15.9 Å². The molecule has 0 aromatic heterocycles. The van der Waals surface area contributed by atoms with Gasteiger partial charge in [-0.15, -0.1) is 0 Å². The molecular weight excluding hydrogens is 380 g/mol. The first-order valence-electron chi connectivity index (χ1n) is 8.94. The van der Waals surface area contributed by atoms with Gasteiger partial charge >= 0.3 is 0 Å². The van der Waals surface area contributed by atoms with Crippen LogP contribution in [0.3, 0.4) is 0 Å². The molecule has 0 aliphatic rings. The molecule has 0 saturated carbocycles. The number of carbonyl (C=O) groups excluding carboxylic acids is 1. The lowest BCUT2D eigenvalue weighted by Crippen LogP contribution is -2.35. The van der Waals surface area contributed by atoms with Crippen molar-refractivity contribution in [3.05, 3.63) is 60.2 Å². The zero-order valence-electron chi connectivity index (χ0n) is 16.0. The number of nitrogens with zero attached hydrogens (tertiary/aromatic N) is 1. The summed E-state index contributed by atoms with van der Waals surface area (Å²) in [7, 11) is -0.772. The van der Waals surface area contributed by atoms with E-state index in [1.165, 1.54) is 23.5 Å². The molecule has 0 aliphatic carbocycles. The average molecular weight is 407 g/mol. The molecule has 1 amide bonds. The zero-order chi connectivity index (χ0) is 20.6. The third kappa shape index (κ3) is 5.54. The van der Waals surface area contributed by atoms with Crippen molar-refractivity contribution in [2.24, 2.45) is 0 Å². The number of rotatable bonds is 10. The van der Waals surface area contributed by atoms with Crippen molar-refractivity contribution in [3.8, 4) is 5.75 Å². The van der Waals surface area contributed by atoms with Crippen LogP contribution in [-0.2, 0) is 14.8 Å². The molecule has 0 aliphatic heterocycles. The maximum atomic E-state index is 13.0. The second-order valence-electron chi connectivity index (χ2n) is 6.25. The predicted molar refractivity (Wildman–Crippen MR) is 106 cm³/mol. The van der Waals surface area contributed by atoms with Crippen LogP contribution in [0.5, 0.6) is 5.75 Å². The van der Waals surface area contributed by atoms with Gasteiger partial charge in [-0.25, -0.2) is 8.42 Å². The summed E-state index contributed by atoms with van der Waals surface area (Å²) < 4.78 is 32.5. The number of aliphatic hydroxyl groups is 1. The summed E-state index contributed by atoms with van der Waals surface area (Å²) in [6, 6.07) is 14.4. The monoisotopic (exact) mass is 406 g/mol. The van der Waals surface area contributed by atoms with E-state index in [0.29, 0.717) is 24.3 Å². The van der Waals surface area contributed by atoms with E-state index in [9.17, 15) is 13.2 Å². The summed E-state index contributed by atoms with van der Waals surface area (Å²) >= 11 is 0. The van der Waals surface area contributed by atoms with Gasteiger partial charge in [0.25, 0.3) is 0 Å².